The van der Waals surface area contributed by atoms with Crippen molar-refractivity contribution in [2.24, 2.45) is 7.05 Å². The number of carboxylic acids is 1. The van der Waals surface area contributed by atoms with Crippen molar-refractivity contribution in [1.82, 2.24) is 9.55 Å². The van der Waals surface area contributed by atoms with Crippen LogP contribution in [0.25, 0.3) is 11.3 Å². The van der Waals surface area contributed by atoms with Crippen LogP contribution in [-0.4, -0.2) is 20.6 Å². The molecule has 0 atom stereocenters. The smallest absolute Gasteiger partial charge is 0.303 e. The number of aryl methyl sites for hydroxylation is 2. The van der Waals surface area contributed by atoms with E-state index in [0.29, 0.717) is 6.42 Å². The highest BCUT2D eigenvalue weighted by Gasteiger charge is 2.09. The molecule has 0 spiro atoms. The minimum Gasteiger partial charge on any atom is -0.481 e. The van der Waals surface area contributed by atoms with Crippen LogP contribution in [0.4, 0.5) is 0 Å². The molecule has 2 aromatic rings. The Labute approximate surface area is 112 Å². The van der Waals surface area contributed by atoms with Crippen LogP contribution in [0.5, 0.6) is 0 Å². The lowest BCUT2D eigenvalue weighted by atomic mass is 10.1. The standard InChI is InChI=1S/C15H18N2O2/c1-3-11-4-6-12(7-5-11)13-10-16-14(17(13)2)8-9-15(18)19/h4-7,10H,3,8-9H2,1-2H3,(H,18,19). The van der Waals surface area contributed by atoms with Crippen molar-refractivity contribution in [1.29, 1.82) is 0 Å². The van der Waals surface area contributed by atoms with Gasteiger partial charge in [-0.25, -0.2) is 4.98 Å². The molecule has 1 N–H and O–H groups in total. The van der Waals surface area contributed by atoms with Crippen molar-refractivity contribution < 1.29 is 9.90 Å². The van der Waals surface area contributed by atoms with Gasteiger partial charge < -0.3 is 9.67 Å². The van der Waals surface area contributed by atoms with Gasteiger partial charge in [0.1, 0.15) is 5.82 Å². The number of rotatable bonds is 5. The number of carboxylic acid groups (broad SMARTS) is 1. The second-order valence-electron chi connectivity index (χ2n) is 4.56. The summed E-state index contributed by atoms with van der Waals surface area (Å²) < 4.78 is 1.96. The third-order valence-corrected chi connectivity index (χ3v) is 3.30. The molecule has 0 aliphatic heterocycles. The molecule has 1 aromatic heterocycles. The zero-order valence-corrected chi connectivity index (χ0v) is 11.3. The second-order valence-corrected chi connectivity index (χ2v) is 4.56. The number of nitrogens with zero attached hydrogens (tertiary/aromatic N) is 2. The van der Waals surface area contributed by atoms with Crippen LogP contribution in [0, 0.1) is 0 Å². The highest BCUT2D eigenvalue weighted by atomic mass is 16.4. The third kappa shape index (κ3) is 3.02. The molecule has 0 aliphatic rings. The van der Waals surface area contributed by atoms with Gasteiger partial charge in [-0.2, -0.15) is 0 Å². The Bertz CT molecular complexity index is 570. The fourth-order valence-corrected chi connectivity index (χ4v) is 2.08. The molecular formula is C15H18N2O2. The summed E-state index contributed by atoms with van der Waals surface area (Å²) >= 11 is 0. The minimum absolute atomic E-state index is 0.110. The van der Waals surface area contributed by atoms with Gasteiger partial charge in [0.05, 0.1) is 18.3 Å². The monoisotopic (exact) mass is 258 g/mol. The van der Waals surface area contributed by atoms with Gasteiger partial charge in [0.2, 0.25) is 0 Å². The Hall–Kier alpha value is -2.10. The number of hydrogen-bond acceptors (Lipinski definition) is 2. The summed E-state index contributed by atoms with van der Waals surface area (Å²) in [7, 11) is 1.92. The molecule has 2 rings (SSSR count). The average Bonchev–Trinajstić information content (AvgIpc) is 2.78. The van der Waals surface area contributed by atoms with Crippen LogP contribution in [0.2, 0.25) is 0 Å². The SMILES string of the molecule is CCc1ccc(-c2cnc(CCC(=O)O)n2C)cc1. The molecular weight excluding hydrogens is 240 g/mol. The van der Waals surface area contributed by atoms with Crippen LogP contribution in [0.1, 0.15) is 24.7 Å². The number of aromatic nitrogens is 2. The molecule has 1 heterocycles. The van der Waals surface area contributed by atoms with Crippen molar-refractivity contribution in [3.8, 4) is 11.3 Å². The largest absolute Gasteiger partial charge is 0.481 e. The van der Waals surface area contributed by atoms with Gasteiger partial charge in [0.15, 0.2) is 0 Å². The maximum absolute atomic E-state index is 10.6. The number of aliphatic carboxylic acids is 1. The van der Waals surface area contributed by atoms with Crippen molar-refractivity contribution in [2.45, 2.75) is 26.2 Å². The van der Waals surface area contributed by atoms with Crippen LogP contribution < -0.4 is 0 Å². The molecule has 0 aliphatic carbocycles. The average molecular weight is 258 g/mol. The lowest BCUT2D eigenvalue weighted by molar-refractivity contribution is -0.137. The maximum atomic E-state index is 10.6. The second kappa shape index (κ2) is 5.69. The number of benzene rings is 1. The first kappa shape index (κ1) is 13.3. The topological polar surface area (TPSA) is 55.1 Å². The summed E-state index contributed by atoms with van der Waals surface area (Å²) in [5.41, 5.74) is 3.42. The van der Waals surface area contributed by atoms with Gasteiger partial charge >= 0.3 is 5.97 Å². The number of carbonyl (C=O) groups is 1. The van der Waals surface area contributed by atoms with Crippen molar-refractivity contribution in [3.63, 3.8) is 0 Å². The van der Waals surface area contributed by atoms with Gasteiger partial charge in [-0.1, -0.05) is 31.2 Å². The molecule has 0 amide bonds. The van der Waals surface area contributed by atoms with Gasteiger partial charge in [-0.15, -0.1) is 0 Å². The van der Waals surface area contributed by atoms with E-state index in [2.05, 4.69) is 36.2 Å². The quantitative estimate of drug-likeness (QED) is 0.897. The maximum Gasteiger partial charge on any atom is 0.303 e. The molecule has 0 saturated carbocycles. The van der Waals surface area contributed by atoms with E-state index in [-0.39, 0.29) is 6.42 Å². The highest BCUT2D eigenvalue weighted by Crippen LogP contribution is 2.21. The van der Waals surface area contributed by atoms with Gasteiger partial charge in [-0.3, -0.25) is 4.79 Å². The summed E-state index contributed by atoms with van der Waals surface area (Å²) in [5.74, 6) is 0.00816. The summed E-state index contributed by atoms with van der Waals surface area (Å²) in [6, 6.07) is 8.38. The van der Waals surface area contributed by atoms with Gasteiger partial charge in [0, 0.05) is 13.5 Å². The zero-order valence-electron chi connectivity index (χ0n) is 11.3. The van der Waals surface area contributed by atoms with Crippen molar-refractivity contribution >= 4 is 5.97 Å². The number of hydrogen-bond donors (Lipinski definition) is 1. The fourth-order valence-electron chi connectivity index (χ4n) is 2.08. The van der Waals surface area contributed by atoms with E-state index < -0.39 is 5.97 Å². The molecule has 0 unspecified atom stereocenters. The summed E-state index contributed by atoms with van der Waals surface area (Å²) in [4.78, 5) is 14.9. The first-order valence-corrected chi connectivity index (χ1v) is 6.43. The van der Waals surface area contributed by atoms with E-state index in [1.807, 2.05) is 11.6 Å². The summed E-state index contributed by atoms with van der Waals surface area (Å²) in [5, 5.41) is 8.71. The van der Waals surface area contributed by atoms with E-state index in [1.165, 1.54) is 5.56 Å². The third-order valence-electron chi connectivity index (χ3n) is 3.30. The zero-order chi connectivity index (χ0) is 13.8. The van der Waals surface area contributed by atoms with E-state index in [1.54, 1.807) is 6.20 Å². The van der Waals surface area contributed by atoms with Crippen LogP contribution in [-0.2, 0) is 24.7 Å². The van der Waals surface area contributed by atoms with E-state index in [0.717, 1.165) is 23.5 Å². The first-order valence-electron chi connectivity index (χ1n) is 6.43. The predicted molar refractivity (Wildman–Crippen MR) is 74.0 cm³/mol. The molecule has 4 heteroatoms. The molecule has 1 aromatic carbocycles. The van der Waals surface area contributed by atoms with Crippen LogP contribution in [0.3, 0.4) is 0 Å². The Balaban J connectivity index is 2.22. The molecule has 4 nitrogen and oxygen atoms in total. The fraction of sp³-hybridized carbons (Fsp3) is 0.333. The summed E-state index contributed by atoms with van der Waals surface area (Å²) in [6.45, 7) is 2.13. The molecule has 0 bridgehead atoms. The molecule has 0 saturated heterocycles. The van der Waals surface area contributed by atoms with Crippen LogP contribution >= 0.6 is 0 Å². The molecule has 0 radical (unpaired) electrons. The Morgan fingerprint density at radius 1 is 1.32 bits per heavy atom. The minimum atomic E-state index is -0.795. The Kier molecular flexibility index (Phi) is 4.00. The van der Waals surface area contributed by atoms with Gasteiger partial charge in [0.25, 0.3) is 0 Å². The lowest BCUT2D eigenvalue weighted by Gasteiger charge is -2.06. The molecule has 100 valence electrons. The lowest BCUT2D eigenvalue weighted by Crippen LogP contribution is -2.04. The van der Waals surface area contributed by atoms with Crippen LogP contribution in [0.15, 0.2) is 30.5 Å². The predicted octanol–water partition coefficient (Wildman–Crippen LogP) is 2.67. The molecule has 0 fully saturated rings. The first-order chi connectivity index (χ1) is 9.11. The van der Waals surface area contributed by atoms with E-state index in [9.17, 15) is 4.79 Å². The number of imidazole rings is 1. The Morgan fingerprint density at radius 3 is 2.58 bits per heavy atom. The summed E-state index contributed by atoms with van der Waals surface area (Å²) in [6.07, 6.45) is 3.39. The van der Waals surface area contributed by atoms with Gasteiger partial charge in [-0.05, 0) is 17.5 Å². The Morgan fingerprint density at radius 2 is 2.00 bits per heavy atom. The van der Waals surface area contributed by atoms with E-state index in [4.69, 9.17) is 5.11 Å². The van der Waals surface area contributed by atoms with Crippen molar-refractivity contribution in [2.75, 3.05) is 0 Å². The normalized spacial score (nSPS) is 10.6. The van der Waals surface area contributed by atoms with E-state index >= 15 is 0 Å². The highest BCUT2D eigenvalue weighted by molar-refractivity contribution is 5.67. The molecule has 19 heavy (non-hydrogen) atoms. The van der Waals surface area contributed by atoms with Crippen molar-refractivity contribution in [3.05, 3.63) is 41.9 Å².